The maximum atomic E-state index is 4.37. The van der Waals surface area contributed by atoms with E-state index in [1.54, 1.807) is 0 Å². The van der Waals surface area contributed by atoms with Gasteiger partial charge in [0.2, 0.25) is 0 Å². The summed E-state index contributed by atoms with van der Waals surface area (Å²) >= 11 is 0. The molecule has 2 heterocycles. The van der Waals surface area contributed by atoms with Gasteiger partial charge in [0, 0.05) is 25.8 Å². The van der Waals surface area contributed by atoms with E-state index >= 15 is 0 Å². The Morgan fingerprint density at radius 2 is 2.19 bits per heavy atom. The SMILES string of the molecule is Cc1cccnc1CNCCN1CCCC1. The van der Waals surface area contributed by atoms with Gasteiger partial charge in [-0.05, 0) is 44.5 Å². The number of hydrogen-bond donors (Lipinski definition) is 1. The summed E-state index contributed by atoms with van der Waals surface area (Å²) in [6.45, 7) is 7.81. The Bertz CT molecular complexity index is 319. The lowest BCUT2D eigenvalue weighted by atomic mass is 10.2. The summed E-state index contributed by atoms with van der Waals surface area (Å²) in [5.41, 5.74) is 2.44. The van der Waals surface area contributed by atoms with Crippen LogP contribution in [0.2, 0.25) is 0 Å². The third-order valence-electron chi connectivity index (χ3n) is 3.21. The normalized spacial score (nSPS) is 16.8. The van der Waals surface area contributed by atoms with Crippen LogP contribution in [0.1, 0.15) is 24.1 Å². The van der Waals surface area contributed by atoms with Crippen molar-refractivity contribution in [2.24, 2.45) is 0 Å². The minimum absolute atomic E-state index is 0.889. The highest BCUT2D eigenvalue weighted by Crippen LogP contribution is 2.06. The van der Waals surface area contributed by atoms with Crippen LogP contribution in [0.5, 0.6) is 0 Å². The predicted octanol–water partition coefficient (Wildman–Crippen LogP) is 1.58. The van der Waals surface area contributed by atoms with Crippen LogP contribution in [0.15, 0.2) is 18.3 Å². The molecule has 0 bridgehead atoms. The number of nitrogens with zero attached hydrogens (tertiary/aromatic N) is 2. The fourth-order valence-electron chi connectivity index (χ4n) is 2.15. The Morgan fingerprint density at radius 3 is 2.94 bits per heavy atom. The fraction of sp³-hybridized carbons (Fsp3) is 0.615. The molecule has 16 heavy (non-hydrogen) atoms. The van der Waals surface area contributed by atoms with Gasteiger partial charge in [-0.2, -0.15) is 0 Å². The van der Waals surface area contributed by atoms with Crippen LogP contribution >= 0.6 is 0 Å². The van der Waals surface area contributed by atoms with Gasteiger partial charge in [-0.15, -0.1) is 0 Å². The molecule has 1 aromatic heterocycles. The van der Waals surface area contributed by atoms with Crippen molar-refractivity contribution in [1.29, 1.82) is 0 Å². The van der Waals surface area contributed by atoms with E-state index in [4.69, 9.17) is 0 Å². The molecule has 1 aliphatic rings. The smallest absolute Gasteiger partial charge is 0.0570 e. The third-order valence-corrected chi connectivity index (χ3v) is 3.21. The van der Waals surface area contributed by atoms with E-state index < -0.39 is 0 Å². The lowest BCUT2D eigenvalue weighted by molar-refractivity contribution is 0.335. The molecule has 0 unspecified atom stereocenters. The quantitative estimate of drug-likeness (QED) is 0.762. The second kappa shape index (κ2) is 5.97. The molecule has 1 N–H and O–H groups in total. The molecule has 88 valence electrons. The number of aryl methyl sites for hydroxylation is 1. The first kappa shape index (κ1) is 11.6. The Balaban J connectivity index is 1.66. The predicted molar refractivity (Wildman–Crippen MR) is 66.4 cm³/mol. The van der Waals surface area contributed by atoms with Gasteiger partial charge in [0.1, 0.15) is 0 Å². The average molecular weight is 219 g/mol. The van der Waals surface area contributed by atoms with Crippen LogP contribution < -0.4 is 5.32 Å². The molecule has 3 heteroatoms. The van der Waals surface area contributed by atoms with E-state index in [1.807, 2.05) is 12.3 Å². The van der Waals surface area contributed by atoms with Crippen molar-refractivity contribution >= 4 is 0 Å². The van der Waals surface area contributed by atoms with E-state index in [0.29, 0.717) is 0 Å². The van der Waals surface area contributed by atoms with Crippen molar-refractivity contribution in [3.8, 4) is 0 Å². The number of nitrogens with one attached hydrogen (secondary N) is 1. The second-order valence-corrected chi connectivity index (χ2v) is 4.49. The summed E-state index contributed by atoms with van der Waals surface area (Å²) in [5, 5.41) is 3.47. The first-order chi connectivity index (χ1) is 7.86. The first-order valence-electron chi connectivity index (χ1n) is 6.20. The molecule has 0 atom stereocenters. The van der Waals surface area contributed by atoms with Gasteiger partial charge in [-0.1, -0.05) is 6.07 Å². The number of hydrogen-bond acceptors (Lipinski definition) is 3. The van der Waals surface area contributed by atoms with Crippen LogP contribution in [-0.2, 0) is 6.54 Å². The molecule has 0 saturated carbocycles. The highest BCUT2D eigenvalue weighted by molar-refractivity contribution is 5.17. The molecular weight excluding hydrogens is 198 g/mol. The molecule has 0 amide bonds. The summed E-state index contributed by atoms with van der Waals surface area (Å²) in [5.74, 6) is 0. The van der Waals surface area contributed by atoms with Crippen molar-refractivity contribution in [3.63, 3.8) is 0 Å². The molecule has 0 spiro atoms. The zero-order valence-corrected chi connectivity index (χ0v) is 10.1. The topological polar surface area (TPSA) is 28.2 Å². The molecule has 0 aliphatic carbocycles. The number of rotatable bonds is 5. The minimum atomic E-state index is 0.889. The minimum Gasteiger partial charge on any atom is -0.310 e. The maximum Gasteiger partial charge on any atom is 0.0570 e. The molecule has 0 radical (unpaired) electrons. The van der Waals surface area contributed by atoms with E-state index in [-0.39, 0.29) is 0 Å². The standard InChI is InChI=1S/C13H21N3/c1-12-5-4-6-15-13(12)11-14-7-10-16-8-2-3-9-16/h4-6,14H,2-3,7-11H2,1H3. The highest BCUT2D eigenvalue weighted by Gasteiger charge is 2.09. The van der Waals surface area contributed by atoms with Crippen LogP contribution in [0, 0.1) is 6.92 Å². The molecule has 1 saturated heterocycles. The van der Waals surface area contributed by atoms with Crippen molar-refractivity contribution in [2.75, 3.05) is 26.2 Å². The van der Waals surface area contributed by atoms with Gasteiger partial charge < -0.3 is 10.2 Å². The van der Waals surface area contributed by atoms with Crippen molar-refractivity contribution in [1.82, 2.24) is 15.2 Å². The van der Waals surface area contributed by atoms with Gasteiger partial charge in [0.25, 0.3) is 0 Å². The highest BCUT2D eigenvalue weighted by atomic mass is 15.1. The van der Waals surface area contributed by atoms with Crippen LogP contribution in [0.4, 0.5) is 0 Å². The number of pyridine rings is 1. The van der Waals surface area contributed by atoms with E-state index in [1.165, 1.54) is 43.7 Å². The molecule has 1 aliphatic heterocycles. The van der Waals surface area contributed by atoms with Crippen molar-refractivity contribution in [3.05, 3.63) is 29.6 Å². The largest absolute Gasteiger partial charge is 0.310 e. The number of likely N-dealkylation sites (tertiary alicyclic amines) is 1. The summed E-state index contributed by atoms with van der Waals surface area (Å²) < 4.78 is 0. The molecule has 2 rings (SSSR count). The lowest BCUT2D eigenvalue weighted by Gasteiger charge is -2.14. The Morgan fingerprint density at radius 1 is 1.38 bits per heavy atom. The molecule has 3 nitrogen and oxygen atoms in total. The van der Waals surface area contributed by atoms with E-state index in [2.05, 4.69) is 28.2 Å². The van der Waals surface area contributed by atoms with E-state index in [0.717, 1.165) is 13.1 Å². The van der Waals surface area contributed by atoms with Crippen LogP contribution in [0.25, 0.3) is 0 Å². The maximum absolute atomic E-state index is 4.37. The monoisotopic (exact) mass is 219 g/mol. The lowest BCUT2D eigenvalue weighted by Crippen LogP contribution is -2.30. The molecular formula is C13H21N3. The third kappa shape index (κ3) is 3.29. The van der Waals surface area contributed by atoms with Gasteiger partial charge in [0.05, 0.1) is 5.69 Å². The van der Waals surface area contributed by atoms with Crippen LogP contribution in [-0.4, -0.2) is 36.1 Å². The van der Waals surface area contributed by atoms with Crippen LogP contribution in [0.3, 0.4) is 0 Å². The summed E-state index contributed by atoms with van der Waals surface area (Å²) in [4.78, 5) is 6.90. The molecule has 1 fully saturated rings. The summed E-state index contributed by atoms with van der Waals surface area (Å²) in [6.07, 6.45) is 4.61. The first-order valence-corrected chi connectivity index (χ1v) is 6.20. The Hall–Kier alpha value is -0.930. The van der Waals surface area contributed by atoms with Gasteiger partial charge in [-0.25, -0.2) is 0 Å². The van der Waals surface area contributed by atoms with Crippen molar-refractivity contribution < 1.29 is 0 Å². The van der Waals surface area contributed by atoms with Crippen molar-refractivity contribution in [2.45, 2.75) is 26.3 Å². The van der Waals surface area contributed by atoms with Gasteiger partial charge in [0.15, 0.2) is 0 Å². The Kier molecular flexibility index (Phi) is 4.31. The second-order valence-electron chi connectivity index (χ2n) is 4.49. The number of aromatic nitrogens is 1. The van der Waals surface area contributed by atoms with Gasteiger partial charge in [-0.3, -0.25) is 4.98 Å². The van der Waals surface area contributed by atoms with E-state index in [9.17, 15) is 0 Å². The zero-order valence-electron chi connectivity index (χ0n) is 10.1. The summed E-state index contributed by atoms with van der Waals surface area (Å²) in [7, 11) is 0. The molecule has 0 aromatic carbocycles. The molecule has 1 aromatic rings. The zero-order chi connectivity index (χ0) is 11.2. The summed E-state index contributed by atoms with van der Waals surface area (Å²) in [6, 6.07) is 4.10. The fourth-order valence-corrected chi connectivity index (χ4v) is 2.15. The average Bonchev–Trinajstić information content (AvgIpc) is 2.79. The Labute approximate surface area is 97.9 Å². The van der Waals surface area contributed by atoms with Gasteiger partial charge >= 0.3 is 0 Å².